The Bertz CT molecular complexity index is 876. The Kier molecular flexibility index (Phi) is 6.07. The highest BCUT2D eigenvalue weighted by Gasteiger charge is 2.30. The molecule has 0 atom stereocenters. The summed E-state index contributed by atoms with van der Waals surface area (Å²) in [5.41, 5.74) is 0.115. The van der Waals surface area contributed by atoms with E-state index < -0.39 is 17.8 Å². The molecule has 154 valence electrons. The van der Waals surface area contributed by atoms with Gasteiger partial charge in [-0.05, 0) is 49.5 Å². The van der Waals surface area contributed by atoms with Crippen LogP contribution >= 0.6 is 0 Å². The maximum atomic E-state index is 12.7. The number of nitrogens with zero attached hydrogens (tertiary/aromatic N) is 2. The van der Waals surface area contributed by atoms with Gasteiger partial charge in [-0.15, -0.1) is 0 Å². The minimum atomic E-state index is -4.49. The third-order valence-electron chi connectivity index (χ3n) is 4.63. The number of carbonyl (C=O) groups excluding carboxylic acids is 2. The molecule has 0 bridgehead atoms. The van der Waals surface area contributed by atoms with Gasteiger partial charge in [0.1, 0.15) is 0 Å². The normalized spacial score (nSPS) is 15.1. The summed E-state index contributed by atoms with van der Waals surface area (Å²) in [7, 11) is 2.01. The molecule has 0 radical (unpaired) electrons. The topological polar surface area (TPSA) is 64.7 Å². The van der Waals surface area contributed by atoms with Crippen LogP contribution in [0.5, 0.6) is 0 Å². The summed E-state index contributed by atoms with van der Waals surface area (Å²) in [6.45, 7) is 2.96. The number of carbonyl (C=O) groups is 2. The summed E-state index contributed by atoms with van der Waals surface area (Å²) >= 11 is 0. The third kappa shape index (κ3) is 5.47. The van der Waals surface area contributed by atoms with E-state index in [4.69, 9.17) is 0 Å². The number of rotatable bonds is 3. The molecule has 29 heavy (non-hydrogen) atoms. The lowest BCUT2D eigenvalue weighted by atomic mass is 10.1. The second-order valence-electron chi connectivity index (χ2n) is 6.83. The highest BCUT2D eigenvalue weighted by atomic mass is 19.4. The van der Waals surface area contributed by atoms with Gasteiger partial charge < -0.3 is 20.4 Å². The van der Waals surface area contributed by atoms with Crippen molar-refractivity contribution < 1.29 is 22.8 Å². The molecular weight excluding hydrogens is 385 g/mol. The fourth-order valence-electron chi connectivity index (χ4n) is 2.95. The number of nitrogens with one attached hydrogen (secondary N) is 2. The van der Waals surface area contributed by atoms with Gasteiger partial charge in [-0.3, -0.25) is 4.79 Å². The quantitative estimate of drug-likeness (QED) is 0.816. The maximum Gasteiger partial charge on any atom is 0.416 e. The monoisotopic (exact) mass is 406 g/mol. The van der Waals surface area contributed by atoms with Crippen LogP contribution in [0.2, 0.25) is 0 Å². The molecule has 0 aromatic heterocycles. The number of likely N-dealkylation sites (N-methyl/N-ethyl adjacent to an activating group) is 1. The van der Waals surface area contributed by atoms with Gasteiger partial charge >= 0.3 is 12.2 Å². The standard InChI is InChI=1S/C20H21F3N4O2/c1-26-9-11-27(12-10-26)18(28)14-5-7-16(8-6-14)24-19(29)25-17-4-2-3-15(13-17)20(21,22)23/h2-8,13H,9-12H2,1H3,(H2,24,25,29). The first-order valence-electron chi connectivity index (χ1n) is 9.05. The summed E-state index contributed by atoms with van der Waals surface area (Å²) in [5.74, 6) is -0.0712. The molecule has 1 aliphatic heterocycles. The van der Waals surface area contributed by atoms with Gasteiger partial charge in [-0.25, -0.2) is 4.79 Å². The number of hydrogen-bond donors (Lipinski definition) is 2. The number of halogens is 3. The van der Waals surface area contributed by atoms with Crippen molar-refractivity contribution in [1.82, 2.24) is 9.80 Å². The number of alkyl halides is 3. The van der Waals surface area contributed by atoms with Crippen LogP contribution in [0.3, 0.4) is 0 Å². The zero-order chi connectivity index (χ0) is 21.0. The zero-order valence-electron chi connectivity index (χ0n) is 15.8. The molecule has 0 aliphatic carbocycles. The first kappa shape index (κ1) is 20.7. The van der Waals surface area contributed by atoms with E-state index in [2.05, 4.69) is 15.5 Å². The van der Waals surface area contributed by atoms with E-state index in [1.54, 1.807) is 29.2 Å². The minimum absolute atomic E-state index is 0.0270. The predicted molar refractivity (Wildman–Crippen MR) is 104 cm³/mol. The molecule has 1 aliphatic rings. The molecule has 9 heteroatoms. The van der Waals surface area contributed by atoms with E-state index in [1.165, 1.54) is 12.1 Å². The van der Waals surface area contributed by atoms with E-state index in [9.17, 15) is 22.8 Å². The Balaban J connectivity index is 1.58. The predicted octanol–water partition coefficient (Wildman–Crippen LogP) is 3.74. The van der Waals surface area contributed by atoms with Gasteiger partial charge in [0.2, 0.25) is 0 Å². The second kappa shape index (κ2) is 8.52. The van der Waals surface area contributed by atoms with Crippen LogP contribution in [-0.4, -0.2) is 55.0 Å². The molecule has 2 aromatic carbocycles. The molecular formula is C20H21F3N4O2. The molecule has 2 N–H and O–H groups in total. The summed E-state index contributed by atoms with van der Waals surface area (Å²) in [6, 6.07) is 10.1. The van der Waals surface area contributed by atoms with Crippen molar-refractivity contribution >= 4 is 23.3 Å². The molecule has 0 unspecified atom stereocenters. The first-order valence-corrected chi connectivity index (χ1v) is 9.05. The van der Waals surface area contributed by atoms with Crippen LogP contribution < -0.4 is 10.6 Å². The van der Waals surface area contributed by atoms with Crippen LogP contribution in [0.25, 0.3) is 0 Å². The van der Waals surface area contributed by atoms with E-state index in [1.807, 2.05) is 7.05 Å². The Morgan fingerprint density at radius 1 is 0.897 bits per heavy atom. The molecule has 3 amide bonds. The fourth-order valence-corrected chi connectivity index (χ4v) is 2.95. The highest BCUT2D eigenvalue weighted by Crippen LogP contribution is 2.30. The number of piperazine rings is 1. The largest absolute Gasteiger partial charge is 0.416 e. The zero-order valence-corrected chi connectivity index (χ0v) is 15.8. The highest BCUT2D eigenvalue weighted by molar-refractivity contribution is 6.00. The Labute approximate surface area is 166 Å². The number of anilines is 2. The number of hydrogen-bond acceptors (Lipinski definition) is 3. The summed E-state index contributed by atoms with van der Waals surface area (Å²) in [5, 5.41) is 4.90. The average Bonchev–Trinajstić information content (AvgIpc) is 2.68. The molecule has 0 spiro atoms. The molecule has 1 fully saturated rings. The van der Waals surface area contributed by atoms with Crippen molar-refractivity contribution in [2.24, 2.45) is 0 Å². The maximum absolute atomic E-state index is 12.7. The van der Waals surface area contributed by atoms with Crippen molar-refractivity contribution in [2.75, 3.05) is 43.9 Å². The number of urea groups is 1. The lowest BCUT2D eigenvalue weighted by Crippen LogP contribution is -2.47. The lowest BCUT2D eigenvalue weighted by Gasteiger charge is -2.32. The van der Waals surface area contributed by atoms with E-state index in [0.717, 1.165) is 25.2 Å². The van der Waals surface area contributed by atoms with Gasteiger partial charge in [-0.2, -0.15) is 13.2 Å². The number of amides is 3. The van der Waals surface area contributed by atoms with Crippen molar-refractivity contribution in [3.63, 3.8) is 0 Å². The van der Waals surface area contributed by atoms with Gasteiger partial charge in [-0.1, -0.05) is 6.07 Å². The van der Waals surface area contributed by atoms with Crippen molar-refractivity contribution in [2.45, 2.75) is 6.18 Å². The molecule has 1 heterocycles. The van der Waals surface area contributed by atoms with Gasteiger partial charge in [0, 0.05) is 43.1 Å². The molecule has 2 aromatic rings. The van der Waals surface area contributed by atoms with Crippen molar-refractivity contribution in [3.05, 3.63) is 59.7 Å². The minimum Gasteiger partial charge on any atom is -0.336 e. The Morgan fingerprint density at radius 2 is 1.52 bits per heavy atom. The van der Waals surface area contributed by atoms with Crippen molar-refractivity contribution in [1.29, 1.82) is 0 Å². The summed E-state index contributed by atoms with van der Waals surface area (Å²) < 4.78 is 38.2. The fraction of sp³-hybridized carbons (Fsp3) is 0.300. The van der Waals surface area contributed by atoms with Gasteiger partial charge in [0.25, 0.3) is 5.91 Å². The summed E-state index contributed by atoms with van der Waals surface area (Å²) in [4.78, 5) is 28.5. The summed E-state index contributed by atoms with van der Waals surface area (Å²) in [6.07, 6.45) is -4.49. The SMILES string of the molecule is CN1CCN(C(=O)c2ccc(NC(=O)Nc3cccc(C(F)(F)F)c3)cc2)CC1. The molecule has 1 saturated heterocycles. The average molecular weight is 406 g/mol. The number of benzene rings is 2. The second-order valence-corrected chi connectivity index (χ2v) is 6.83. The third-order valence-corrected chi connectivity index (χ3v) is 4.63. The van der Waals surface area contributed by atoms with Gasteiger partial charge in [0.15, 0.2) is 0 Å². The van der Waals surface area contributed by atoms with E-state index in [0.29, 0.717) is 24.3 Å². The van der Waals surface area contributed by atoms with Crippen LogP contribution in [0, 0.1) is 0 Å². The van der Waals surface area contributed by atoms with Crippen molar-refractivity contribution in [3.8, 4) is 0 Å². The van der Waals surface area contributed by atoms with Crippen LogP contribution in [-0.2, 0) is 6.18 Å². The lowest BCUT2D eigenvalue weighted by molar-refractivity contribution is -0.137. The molecule has 3 rings (SSSR count). The smallest absolute Gasteiger partial charge is 0.336 e. The van der Waals surface area contributed by atoms with Crippen LogP contribution in [0.15, 0.2) is 48.5 Å². The van der Waals surface area contributed by atoms with Gasteiger partial charge in [0.05, 0.1) is 5.56 Å². The Morgan fingerprint density at radius 3 is 2.14 bits per heavy atom. The van der Waals surface area contributed by atoms with E-state index >= 15 is 0 Å². The van der Waals surface area contributed by atoms with Crippen LogP contribution in [0.4, 0.5) is 29.3 Å². The Hall–Kier alpha value is -3.07. The van der Waals surface area contributed by atoms with E-state index in [-0.39, 0.29) is 11.6 Å². The van der Waals surface area contributed by atoms with Crippen LogP contribution in [0.1, 0.15) is 15.9 Å². The first-order chi connectivity index (χ1) is 13.7. The molecule has 6 nitrogen and oxygen atoms in total. The molecule has 0 saturated carbocycles.